The summed E-state index contributed by atoms with van der Waals surface area (Å²) in [4.78, 5) is 10.3. The molecule has 0 amide bonds. The second-order valence-corrected chi connectivity index (χ2v) is 4.00. The lowest BCUT2D eigenvalue weighted by Gasteiger charge is -2.08. The van der Waals surface area contributed by atoms with Crippen molar-refractivity contribution in [3.8, 4) is 5.75 Å². The molecule has 0 aliphatic heterocycles. The highest BCUT2D eigenvalue weighted by atomic mass is 19.1. The van der Waals surface area contributed by atoms with Gasteiger partial charge in [-0.2, -0.15) is 0 Å². The smallest absolute Gasteiger partial charge is 0.294 e. The molecule has 0 atom stereocenters. The van der Waals surface area contributed by atoms with Crippen LogP contribution in [0.15, 0.2) is 42.5 Å². The van der Waals surface area contributed by atoms with Gasteiger partial charge in [0.1, 0.15) is 23.9 Å². The lowest BCUT2D eigenvalue weighted by molar-refractivity contribution is -0.384. The first kappa shape index (κ1) is 13.8. The summed E-state index contributed by atoms with van der Waals surface area (Å²) < 4.78 is 18.3. The summed E-state index contributed by atoms with van der Waals surface area (Å²) in [6.07, 6.45) is 0. The number of nitrogen functional groups attached to an aromatic ring is 1. The van der Waals surface area contributed by atoms with Crippen LogP contribution in [0.2, 0.25) is 0 Å². The summed E-state index contributed by atoms with van der Waals surface area (Å²) in [6.45, 7) is 0.0924. The van der Waals surface area contributed by atoms with Gasteiger partial charge in [-0.15, -0.1) is 0 Å². The van der Waals surface area contributed by atoms with Gasteiger partial charge < -0.3 is 10.2 Å². The van der Waals surface area contributed by atoms with Gasteiger partial charge in [0.25, 0.3) is 5.69 Å². The molecule has 6 nitrogen and oxygen atoms in total. The second-order valence-electron chi connectivity index (χ2n) is 4.00. The summed E-state index contributed by atoms with van der Waals surface area (Å²) >= 11 is 0. The molecule has 0 aliphatic rings. The molecule has 0 spiro atoms. The Labute approximate surface area is 114 Å². The maximum atomic E-state index is 13.0. The fourth-order valence-corrected chi connectivity index (χ4v) is 1.66. The van der Waals surface area contributed by atoms with Crippen molar-refractivity contribution >= 4 is 11.4 Å². The molecule has 2 aromatic carbocycles. The molecular formula is C13H12FN3O3. The zero-order chi connectivity index (χ0) is 14.5. The van der Waals surface area contributed by atoms with E-state index in [9.17, 15) is 14.5 Å². The van der Waals surface area contributed by atoms with Crippen LogP contribution in [0.25, 0.3) is 0 Å². The first-order chi connectivity index (χ1) is 9.60. The number of hydrogen-bond donors (Lipinski definition) is 2. The molecule has 20 heavy (non-hydrogen) atoms. The van der Waals surface area contributed by atoms with Gasteiger partial charge in [0.2, 0.25) is 0 Å². The Hall–Kier alpha value is -2.67. The minimum atomic E-state index is -0.541. The third kappa shape index (κ3) is 3.21. The van der Waals surface area contributed by atoms with Crippen LogP contribution in [0.3, 0.4) is 0 Å². The number of benzene rings is 2. The lowest BCUT2D eigenvalue weighted by Crippen LogP contribution is -2.09. The molecule has 0 heterocycles. The molecule has 0 aromatic heterocycles. The number of halogens is 1. The predicted octanol–water partition coefficient (Wildman–Crippen LogP) is 2.60. The molecule has 2 rings (SSSR count). The monoisotopic (exact) mass is 277 g/mol. The Morgan fingerprint density at radius 3 is 2.75 bits per heavy atom. The van der Waals surface area contributed by atoms with Crippen LogP contribution < -0.4 is 16.0 Å². The van der Waals surface area contributed by atoms with Gasteiger partial charge in [0.05, 0.1) is 4.92 Å². The minimum absolute atomic E-state index is 0.0924. The Bertz CT molecular complexity index is 634. The van der Waals surface area contributed by atoms with Gasteiger partial charge in [0.15, 0.2) is 0 Å². The number of nitrogens with one attached hydrogen (secondary N) is 1. The fraction of sp³-hybridized carbons (Fsp3) is 0.0769. The quantitative estimate of drug-likeness (QED) is 0.498. The normalized spacial score (nSPS) is 10.1. The number of hydrogen-bond acceptors (Lipinski definition) is 5. The number of nitro groups is 1. The highest BCUT2D eigenvalue weighted by Gasteiger charge is 2.13. The largest absolute Gasteiger partial charge is 0.489 e. The van der Waals surface area contributed by atoms with E-state index in [-0.39, 0.29) is 18.0 Å². The molecule has 0 bridgehead atoms. The van der Waals surface area contributed by atoms with E-state index in [1.54, 1.807) is 12.1 Å². The standard InChI is InChI=1S/C13H12FN3O3/c14-10-2-1-3-11(7-10)20-8-9-4-5-12(16-15)13(6-9)17(18)19/h1-7,16H,8,15H2. The van der Waals surface area contributed by atoms with Crippen molar-refractivity contribution in [2.75, 3.05) is 5.43 Å². The van der Waals surface area contributed by atoms with Crippen LogP contribution in [0.4, 0.5) is 15.8 Å². The summed E-state index contributed by atoms with van der Waals surface area (Å²) in [5.41, 5.74) is 2.90. The number of nitro benzene ring substituents is 1. The number of ether oxygens (including phenoxy) is 1. The Morgan fingerprint density at radius 2 is 2.10 bits per heavy atom. The van der Waals surface area contributed by atoms with E-state index >= 15 is 0 Å². The minimum Gasteiger partial charge on any atom is -0.489 e. The summed E-state index contributed by atoms with van der Waals surface area (Å²) in [6, 6.07) is 10.2. The van der Waals surface area contributed by atoms with Crippen LogP contribution in [0, 0.1) is 15.9 Å². The van der Waals surface area contributed by atoms with Crippen molar-refractivity contribution < 1.29 is 14.1 Å². The Kier molecular flexibility index (Phi) is 4.11. The summed E-state index contributed by atoms with van der Waals surface area (Å²) in [5.74, 6) is 5.14. The van der Waals surface area contributed by atoms with Crippen LogP contribution >= 0.6 is 0 Å². The summed E-state index contributed by atoms with van der Waals surface area (Å²) in [7, 11) is 0. The SMILES string of the molecule is NNc1ccc(COc2cccc(F)c2)cc1[N+](=O)[O-]. The topological polar surface area (TPSA) is 90.4 Å². The van der Waals surface area contributed by atoms with Crippen molar-refractivity contribution in [3.05, 3.63) is 64.0 Å². The van der Waals surface area contributed by atoms with Gasteiger partial charge in [0, 0.05) is 12.1 Å². The van der Waals surface area contributed by atoms with Gasteiger partial charge in [-0.05, 0) is 23.8 Å². The Balaban J connectivity index is 2.14. The Morgan fingerprint density at radius 1 is 1.30 bits per heavy atom. The van der Waals surface area contributed by atoms with Crippen LogP contribution in [-0.2, 0) is 6.61 Å². The third-order valence-corrected chi connectivity index (χ3v) is 2.62. The van der Waals surface area contributed by atoms with Crippen molar-refractivity contribution in [2.45, 2.75) is 6.61 Å². The molecule has 0 unspecified atom stereocenters. The number of rotatable bonds is 5. The fourth-order valence-electron chi connectivity index (χ4n) is 1.66. The summed E-state index contributed by atoms with van der Waals surface area (Å²) in [5, 5.41) is 10.9. The number of nitrogens with two attached hydrogens (primary N) is 1. The van der Waals surface area contributed by atoms with E-state index in [2.05, 4.69) is 5.43 Å². The lowest BCUT2D eigenvalue weighted by atomic mass is 10.2. The second kappa shape index (κ2) is 5.98. The molecule has 104 valence electrons. The van der Waals surface area contributed by atoms with Gasteiger partial charge >= 0.3 is 0 Å². The molecule has 0 fully saturated rings. The molecule has 2 aromatic rings. The van der Waals surface area contributed by atoms with Crippen LogP contribution in [0.1, 0.15) is 5.56 Å². The third-order valence-electron chi connectivity index (χ3n) is 2.62. The highest BCUT2D eigenvalue weighted by molar-refractivity contribution is 5.61. The van der Waals surface area contributed by atoms with Crippen molar-refractivity contribution in [3.63, 3.8) is 0 Å². The zero-order valence-corrected chi connectivity index (χ0v) is 10.4. The highest BCUT2D eigenvalue weighted by Crippen LogP contribution is 2.25. The first-order valence-electron chi connectivity index (χ1n) is 5.72. The number of hydrazine groups is 1. The van der Waals surface area contributed by atoms with E-state index in [1.165, 1.54) is 30.3 Å². The average Bonchev–Trinajstić information content (AvgIpc) is 2.45. The average molecular weight is 277 g/mol. The van der Waals surface area contributed by atoms with Gasteiger partial charge in [-0.1, -0.05) is 12.1 Å². The van der Waals surface area contributed by atoms with E-state index in [0.29, 0.717) is 11.3 Å². The molecule has 0 radical (unpaired) electrons. The van der Waals surface area contributed by atoms with E-state index in [1.807, 2.05) is 0 Å². The van der Waals surface area contributed by atoms with Crippen molar-refractivity contribution in [2.24, 2.45) is 5.84 Å². The van der Waals surface area contributed by atoms with E-state index < -0.39 is 10.7 Å². The molecule has 0 saturated carbocycles. The molecular weight excluding hydrogens is 265 g/mol. The maximum Gasteiger partial charge on any atom is 0.294 e. The van der Waals surface area contributed by atoms with E-state index in [0.717, 1.165) is 0 Å². The van der Waals surface area contributed by atoms with Crippen LogP contribution in [0.5, 0.6) is 5.75 Å². The van der Waals surface area contributed by atoms with Gasteiger partial charge in [-0.3, -0.25) is 16.0 Å². The first-order valence-corrected chi connectivity index (χ1v) is 5.72. The van der Waals surface area contributed by atoms with Gasteiger partial charge in [-0.25, -0.2) is 4.39 Å². The van der Waals surface area contributed by atoms with Crippen molar-refractivity contribution in [1.82, 2.24) is 0 Å². The van der Waals surface area contributed by atoms with Crippen molar-refractivity contribution in [1.29, 1.82) is 0 Å². The molecule has 0 aliphatic carbocycles. The number of anilines is 1. The van der Waals surface area contributed by atoms with E-state index in [4.69, 9.17) is 10.6 Å². The molecule has 0 saturated heterocycles. The molecule has 3 N–H and O–H groups in total. The molecule has 7 heteroatoms. The maximum absolute atomic E-state index is 13.0. The van der Waals surface area contributed by atoms with Crippen LogP contribution in [-0.4, -0.2) is 4.92 Å². The zero-order valence-electron chi connectivity index (χ0n) is 10.4. The predicted molar refractivity (Wildman–Crippen MR) is 71.6 cm³/mol. The number of nitrogens with zero attached hydrogens (tertiary/aromatic N) is 1.